The van der Waals surface area contributed by atoms with Gasteiger partial charge in [-0.2, -0.15) is 0 Å². The molecule has 0 spiro atoms. The van der Waals surface area contributed by atoms with Gasteiger partial charge in [0.2, 0.25) is 10.0 Å². The number of alkyl halides is 3. The Kier molecular flexibility index (Phi) is 5.07. The van der Waals surface area contributed by atoms with Crippen molar-refractivity contribution in [1.29, 1.82) is 0 Å². The van der Waals surface area contributed by atoms with Crippen LogP contribution in [0.15, 0.2) is 53.4 Å². The number of hydrogen-bond acceptors (Lipinski definition) is 5. The molecular formula is C18H18F3NO5S. The normalized spacial score (nSPS) is 21.5. The van der Waals surface area contributed by atoms with Crippen molar-refractivity contribution in [3.05, 3.63) is 54.1 Å². The first kappa shape index (κ1) is 20.4. The van der Waals surface area contributed by atoms with Crippen LogP contribution in [0.25, 0.3) is 0 Å². The topological polar surface area (TPSA) is 84.9 Å². The number of benzene rings is 2. The Morgan fingerprint density at radius 2 is 1.79 bits per heavy atom. The quantitative estimate of drug-likeness (QED) is 0.799. The van der Waals surface area contributed by atoms with E-state index in [1.165, 1.54) is 30.3 Å². The van der Waals surface area contributed by atoms with Crippen molar-refractivity contribution in [2.45, 2.75) is 42.9 Å². The molecule has 0 amide bonds. The largest absolute Gasteiger partial charge is 0.573 e. The smallest absolute Gasteiger partial charge is 0.485 e. The molecule has 2 aromatic rings. The lowest BCUT2D eigenvalue weighted by Crippen LogP contribution is -2.53. The zero-order valence-corrected chi connectivity index (χ0v) is 15.7. The Morgan fingerprint density at radius 3 is 2.39 bits per heavy atom. The van der Waals surface area contributed by atoms with Gasteiger partial charge in [-0.05, 0) is 44.2 Å². The van der Waals surface area contributed by atoms with E-state index in [2.05, 4.69) is 9.46 Å². The van der Waals surface area contributed by atoms with Gasteiger partial charge in [0.1, 0.15) is 23.2 Å². The van der Waals surface area contributed by atoms with Crippen LogP contribution in [0.1, 0.15) is 25.5 Å². The number of nitrogens with one attached hydrogen (secondary N) is 1. The lowest BCUT2D eigenvalue weighted by atomic mass is 9.87. The summed E-state index contributed by atoms with van der Waals surface area (Å²) < 4.78 is 75.0. The molecule has 0 saturated carbocycles. The predicted molar refractivity (Wildman–Crippen MR) is 93.3 cm³/mol. The fraction of sp³-hybridized carbons (Fsp3) is 0.333. The first-order valence-corrected chi connectivity index (χ1v) is 9.71. The highest BCUT2D eigenvalue weighted by atomic mass is 32.2. The molecule has 0 aromatic heterocycles. The second-order valence-electron chi connectivity index (χ2n) is 6.81. The van der Waals surface area contributed by atoms with E-state index in [1.807, 2.05) is 0 Å². The van der Waals surface area contributed by atoms with Crippen molar-refractivity contribution in [2.75, 3.05) is 0 Å². The summed E-state index contributed by atoms with van der Waals surface area (Å²) in [6, 6.07) is 9.48. The van der Waals surface area contributed by atoms with Crippen molar-refractivity contribution in [3.8, 4) is 11.5 Å². The van der Waals surface area contributed by atoms with Gasteiger partial charge in [-0.1, -0.05) is 18.2 Å². The molecule has 0 bridgehead atoms. The van der Waals surface area contributed by atoms with E-state index < -0.39 is 39.9 Å². The van der Waals surface area contributed by atoms with Gasteiger partial charge < -0.3 is 14.6 Å². The third kappa shape index (κ3) is 4.23. The van der Waals surface area contributed by atoms with Crippen LogP contribution in [0.4, 0.5) is 13.2 Å². The number of fused-ring (bicyclic) bond motifs is 1. The lowest BCUT2D eigenvalue weighted by molar-refractivity contribution is -0.274. The van der Waals surface area contributed by atoms with Crippen LogP contribution in [-0.2, 0) is 10.0 Å². The summed E-state index contributed by atoms with van der Waals surface area (Å²) in [5.74, 6) is -0.406. The van der Waals surface area contributed by atoms with Crippen LogP contribution in [0, 0.1) is 0 Å². The highest BCUT2D eigenvalue weighted by Crippen LogP contribution is 2.42. The zero-order valence-electron chi connectivity index (χ0n) is 14.9. The van der Waals surface area contributed by atoms with Gasteiger partial charge in [-0.3, -0.25) is 0 Å². The summed E-state index contributed by atoms with van der Waals surface area (Å²) in [5.41, 5.74) is -1.16. The van der Waals surface area contributed by atoms with E-state index in [4.69, 9.17) is 4.74 Å². The third-order valence-electron chi connectivity index (χ3n) is 4.29. The monoisotopic (exact) mass is 417 g/mol. The van der Waals surface area contributed by atoms with Crippen molar-refractivity contribution in [1.82, 2.24) is 4.72 Å². The average molecular weight is 417 g/mol. The van der Waals surface area contributed by atoms with Gasteiger partial charge in [0.15, 0.2) is 0 Å². The lowest BCUT2D eigenvalue weighted by Gasteiger charge is -2.42. The number of aliphatic hydroxyl groups excluding tert-OH is 1. The van der Waals surface area contributed by atoms with Crippen LogP contribution in [0.5, 0.6) is 11.5 Å². The Balaban J connectivity index is 2.03. The highest BCUT2D eigenvalue weighted by Gasteiger charge is 2.45. The van der Waals surface area contributed by atoms with Crippen LogP contribution >= 0.6 is 0 Å². The van der Waals surface area contributed by atoms with E-state index in [1.54, 1.807) is 19.9 Å². The second kappa shape index (κ2) is 6.94. The molecule has 0 saturated heterocycles. The number of hydrogen-bond donors (Lipinski definition) is 2. The standard InChI is InChI=1S/C18H18F3NO5S/c1-17(2)16(23)15(22-28(24,25)12-6-4-3-5-7-12)13-10-11(26-18(19,20)21)8-9-14(13)27-17/h3-10,15-16,22-23H,1-2H3/t15-,16+/m1/s1. The maximum atomic E-state index is 12.7. The zero-order chi connectivity index (χ0) is 20.7. The maximum Gasteiger partial charge on any atom is 0.573 e. The van der Waals surface area contributed by atoms with E-state index in [0.29, 0.717) is 0 Å². The Labute approximate surface area is 160 Å². The molecule has 28 heavy (non-hydrogen) atoms. The van der Waals surface area contributed by atoms with Gasteiger partial charge in [0.05, 0.1) is 10.9 Å². The molecule has 0 unspecified atom stereocenters. The number of halogens is 3. The van der Waals surface area contributed by atoms with E-state index in [0.717, 1.165) is 12.1 Å². The van der Waals surface area contributed by atoms with Crippen LogP contribution in [0.2, 0.25) is 0 Å². The fourth-order valence-corrected chi connectivity index (χ4v) is 4.18. The first-order valence-electron chi connectivity index (χ1n) is 8.23. The van der Waals surface area contributed by atoms with Crippen LogP contribution in [0.3, 0.4) is 0 Å². The summed E-state index contributed by atoms with van der Waals surface area (Å²) in [6.45, 7) is 3.09. The fourth-order valence-electron chi connectivity index (χ4n) is 2.94. The molecule has 0 fully saturated rings. The molecule has 1 aliphatic heterocycles. The first-order chi connectivity index (χ1) is 12.9. The van der Waals surface area contributed by atoms with Crippen LogP contribution < -0.4 is 14.2 Å². The molecule has 1 aliphatic rings. The molecule has 2 aromatic carbocycles. The minimum Gasteiger partial charge on any atom is -0.485 e. The highest BCUT2D eigenvalue weighted by molar-refractivity contribution is 7.89. The SMILES string of the molecule is CC1(C)Oc2ccc(OC(F)(F)F)cc2[C@@H](NS(=O)(=O)c2ccccc2)[C@@H]1O. The van der Waals surface area contributed by atoms with Crippen molar-refractivity contribution in [2.24, 2.45) is 0 Å². The van der Waals surface area contributed by atoms with Crippen molar-refractivity contribution in [3.63, 3.8) is 0 Å². The van der Waals surface area contributed by atoms with E-state index >= 15 is 0 Å². The molecular weight excluding hydrogens is 399 g/mol. The summed E-state index contributed by atoms with van der Waals surface area (Å²) >= 11 is 0. The van der Waals surface area contributed by atoms with Gasteiger partial charge in [0.25, 0.3) is 0 Å². The molecule has 1 heterocycles. The number of rotatable bonds is 4. The molecule has 2 N–H and O–H groups in total. The molecule has 0 aliphatic carbocycles. The Morgan fingerprint density at radius 1 is 1.14 bits per heavy atom. The number of aliphatic hydroxyl groups is 1. The minimum absolute atomic E-state index is 0.0353. The number of sulfonamides is 1. The van der Waals surface area contributed by atoms with E-state index in [9.17, 15) is 26.7 Å². The summed E-state index contributed by atoms with van der Waals surface area (Å²) in [7, 11) is -4.06. The molecule has 0 radical (unpaired) electrons. The molecule has 6 nitrogen and oxygen atoms in total. The molecule has 3 rings (SSSR count). The van der Waals surface area contributed by atoms with Gasteiger partial charge >= 0.3 is 6.36 Å². The molecule has 10 heteroatoms. The van der Waals surface area contributed by atoms with Gasteiger partial charge in [0, 0.05) is 5.56 Å². The van der Waals surface area contributed by atoms with Crippen LogP contribution in [-0.4, -0.2) is 31.6 Å². The Hall–Kier alpha value is -2.30. The molecule has 2 atom stereocenters. The summed E-state index contributed by atoms with van der Waals surface area (Å²) in [6.07, 6.45) is -6.29. The summed E-state index contributed by atoms with van der Waals surface area (Å²) in [4.78, 5) is -0.0456. The molecule has 152 valence electrons. The van der Waals surface area contributed by atoms with Crippen molar-refractivity contribution >= 4 is 10.0 Å². The predicted octanol–water partition coefficient (Wildman–Crippen LogP) is 3.14. The third-order valence-corrected chi connectivity index (χ3v) is 5.74. The minimum atomic E-state index is -4.92. The second-order valence-corrected chi connectivity index (χ2v) is 8.52. The summed E-state index contributed by atoms with van der Waals surface area (Å²) in [5, 5.41) is 10.7. The average Bonchev–Trinajstić information content (AvgIpc) is 2.59. The number of ether oxygens (including phenoxy) is 2. The maximum absolute atomic E-state index is 12.7. The van der Waals surface area contributed by atoms with E-state index in [-0.39, 0.29) is 16.2 Å². The Bertz CT molecular complexity index is 961. The van der Waals surface area contributed by atoms with Gasteiger partial charge in [-0.25, -0.2) is 13.1 Å². The van der Waals surface area contributed by atoms with Crippen molar-refractivity contribution < 1.29 is 36.2 Å². The van der Waals surface area contributed by atoms with Gasteiger partial charge in [-0.15, -0.1) is 13.2 Å².